The van der Waals surface area contributed by atoms with Gasteiger partial charge in [-0.15, -0.1) is 0 Å². The lowest BCUT2D eigenvalue weighted by molar-refractivity contribution is -0.130. The van der Waals surface area contributed by atoms with Crippen LogP contribution in [0.3, 0.4) is 0 Å². The minimum Gasteiger partial charge on any atom is -0.393 e. The molecule has 1 unspecified atom stereocenters. The number of aliphatic hydroxyl groups excluding tert-OH is 1. The number of pyridine rings is 1. The minimum atomic E-state index is -0.142. The highest BCUT2D eigenvalue weighted by atomic mass is 16.3. The van der Waals surface area contributed by atoms with Crippen LogP contribution < -0.4 is 0 Å². The summed E-state index contributed by atoms with van der Waals surface area (Å²) in [6.45, 7) is 6.99. The van der Waals surface area contributed by atoms with Crippen LogP contribution >= 0.6 is 0 Å². The molecule has 0 bridgehead atoms. The molecule has 0 radical (unpaired) electrons. The maximum absolute atomic E-state index is 13.6. The molecule has 0 saturated heterocycles. The molecule has 1 aromatic rings. The minimum absolute atomic E-state index is 0.0628. The van der Waals surface area contributed by atoms with E-state index in [1.54, 1.807) is 6.20 Å². The molecule has 4 aliphatic carbocycles. The Morgan fingerprint density at radius 2 is 2.00 bits per heavy atom. The number of ketones is 1. The van der Waals surface area contributed by atoms with Crippen molar-refractivity contribution in [1.82, 2.24) is 4.98 Å². The van der Waals surface area contributed by atoms with Crippen molar-refractivity contribution in [1.29, 1.82) is 0 Å². The van der Waals surface area contributed by atoms with Gasteiger partial charge in [0.15, 0.2) is 0 Å². The van der Waals surface area contributed by atoms with E-state index in [1.165, 1.54) is 24.8 Å². The standard InChI is InChI=1S/C27H37NO2/c1-17(18-5-4-14-28-16-18)25(30)24-9-8-22-21-7-6-19-15-20(29)10-12-26(19,2)23(21)11-13-27(22,24)3/h4-6,14,16-17,20-24,29H,7-13,15H2,1-3H3/t17?,20-,21-,22-,23-,24+,26-,27-/m0/s1. The zero-order chi connectivity index (χ0) is 21.1. The molecule has 1 N–H and O–H groups in total. The molecule has 30 heavy (non-hydrogen) atoms. The number of fused-ring (bicyclic) bond motifs is 5. The summed E-state index contributed by atoms with van der Waals surface area (Å²) in [4.78, 5) is 17.9. The molecular weight excluding hydrogens is 370 g/mol. The van der Waals surface area contributed by atoms with Gasteiger partial charge in [0, 0.05) is 24.2 Å². The van der Waals surface area contributed by atoms with Crippen molar-refractivity contribution < 1.29 is 9.90 Å². The lowest BCUT2D eigenvalue weighted by atomic mass is 9.47. The number of aromatic nitrogens is 1. The third kappa shape index (κ3) is 2.95. The normalized spacial score (nSPS) is 43.7. The Kier molecular flexibility index (Phi) is 4.96. The Morgan fingerprint density at radius 3 is 2.77 bits per heavy atom. The van der Waals surface area contributed by atoms with E-state index in [9.17, 15) is 9.90 Å². The van der Waals surface area contributed by atoms with Crippen molar-refractivity contribution in [3.63, 3.8) is 0 Å². The third-order valence-electron chi connectivity index (χ3n) is 10.0. The number of carbonyl (C=O) groups excluding carboxylic acids is 1. The van der Waals surface area contributed by atoms with Crippen LogP contribution in [-0.4, -0.2) is 22.0 Å². The Morgan fingerprint density at radius 1 is 1.17 bits per heavy atom. The molecule has 3 saturated carbocycles. The average molecular weight is 408 g/mol. The first-order chi connectivity index (χ1) is 14.3. The van der Waals surface area contributed by atoms with Gasteiger partial charge in [0.1, 0.15) is 5.78 Å². The van der Waals surface area contributed by atoms with Crippen LogP contribution in [0, 0.1) is 34.5 Å². The van der Waals surface area contributed by atoms with Gasteiger partial charge < -0.3 is 5.11 Å². The third-order valence-corrected chi connectivity index (χ3v) is 10.0. The smallest absolute Gasteiger partial charge is 0.143 e. The number of carbonyl (C=O) groups is 1. The highest BCUT2D eigenvalue weighted by molar-refractivity contribution is 5.88. The SMILES string of the molecule is CC(C(=O)[C@H]1CC[C@H]2[C@@H]3CC=C4C[C@@H](O)CC[C@]4(C)[C@H]3CC[C@]12C)c1cccnc1. The highest BCUT2D eigenvalue weighted by Gasteiger charge is 2.60. The molecular formula is C27H37NO2. The van der Waals surface area contributed by atoms with Crippen molar-refractivity contribution in [3.8, 4) is 0 Å². The number of hydrogen-bond acceptors (Lipinski definition) is 3. The highest BCUT2D eigenvalue weighted by Crippen LogP contribution is 2.66. The summed E-state index contributed by atoms with van der Waals surface area (Å²) in [5, 5.41) is 10.2. The molecule has 0 aliphatic heterocycles. The molecule has 3 nitrogen and oxygen atoms in total. The summed E-state index contributed by atoms with van der Waals surface area (Å²) >= 11 is 0. The van der Waals surface area contributed by atoms with E-state index in [0.29, 0.717) is 17.6 Å². The van der Waals surface area contributed by atoms with Gasteiger partial charge in [0.25, 0.3) is 0 Å². The fraction of sp³-hybridized carbons (Fsp3) is 0.704. The molecule has 3 heteroatoms. The number of Topliss-reactive ketones (excluding diaryl/α,β-unsaturated/α-hetero) is 1. The number of allylic oxidation sites excluding steroid dienone is 1. The summed E-state index contributed by atoms with van der Waals surface area (Å²) in [6, 6.07) is 3.99. The van der Waals surface area contributed by atoms with Crippen molar-refractivity contribution >= 4 is 5.78 Å². The molecule has 0 amide bonds. The quantitative estimate of drug-likeness (QED) is 0.655. The first-order valence-electron chi connectivity index (χ1n) is 12.2. The summed E-state index contributed by atoms with van der Waals surface area (Å²) in [5.41, 5.74) is 3.00. The Labute approximate surface area is 181 Å². The van der Waals surface area contributed by atoms with Gasteiger partial charge in [-0.05, 0) is 91.6 Å². The number of rotatable bonds is 3. The summed E-state index contributed by atoms with van der Waals surface area (Å²) in [5.74, 6) is 2.65. The molecule has 0 spiro atoms. The first-order valence-corrected chi connectivity index (χ1v) is 12.2. The molecule has 5 rings (SSSR count). The zero-order valence-corrected chi connectivity index (χ0v) is 18.8. The fourth-order valence-corrected chi connectivity index (χ4v) is 8.21. The molecule has 3 fully saturated rings. The largest absolute Gasteiger partial charge is 0.393 e. The van der Waals surface area contributed by atoms with Gasteiger partial charge in [-0.3, -0.25) is 9.78 Å². The predicted octanol–water partition coefficient (Wildman–Crippen LogP) is 5.69. The van der Waals surface area contributed by atoms with Gasteiger partial charge in [-0.1, -0.05) is 38.5 Å². The predicted molar refractivity (Wildman–Crippen MR) is 119 cm³/mol. The fourth-order valence-electron chi connectivity index (χ4n) is 8.21. The van der Waals surface area contributed by atoms with Crippen molar-refractivity contribution in [2.45, 2.75) is 84.2 Å². The van der Waals surface area contributed by atoms with Crippen LogP contribution in [0.15, 0.2) is 36.2 Å². The van der Waals surface area contributed by atoms with Crippen LogP contribution in [0.1, 0.15) is 83.6 Å². The van der Waals surface area contributed by atoms with Crippen LogP contribution in [0.2, 0.25) is 0 Å². The van der Waals surface area contributed by atoms with E-state index in [-0.39, 0.29) is 28.8 Å². The first kappa shape index (κ1) is 20.4. The van der Waals surface area contributed by atoms with E-state index in [1.807, 2.05) is 18.3 Å². The van der Waals surface area contributed by atoms with Gasteiger partial charge in [0.05, 0.1) is 6.10 Å². The average Bonchev–Trinajstić information content (AvgIpc) is 3.11. The summed E-state index contributed by atoms with van der Waals surface area (Å²) in [7, 11) is 0. The lowest BCUT2D eigenvalue weighted by Crippen LogP contribution is -2.51. The van der Waals surface area contributed by atoms with E-state index < -0.39 is 0 Å². The molecule has 1 heterocycles. The van der Waals surface area contributed by atoms with Crippen LogP contribution in [-0.2, 0) is 4.79 Å². The van der Waals surface area contributed by atoms with Gasteiger partial charge >= 0.3 is 0 Å². The molecule has 0 aromatic carbocycles. The van der Waals surface area contributed by atoms with Crippen molar-refractivity contribution in [3.05, 3.63) is 41.7 Å². The van der Waals surface area contributed by atoms with E-state index >= 15 is 0 Å². The Bertz CT molecular complexity index is 848. The summed E-state index contributed by atoms with van der Waals surface area (Å²) in [6.07, 6.45) is 14.8. The van der Waals surface area contributed by atoms with E-state index in [0.717, 1.165) is 43.6 Å². The number of hydrogen-bond donors (Lipinski definition) is 1. The topological polar surface area (TPSA) is 50.2 Å². The van der Waals surface area contributed by atoms with Crippen LogP contribution in [0.5, 0.6) is 0 Å². The summed E-state index contributed by atoms with van der Waals surface area (Å²) < 4.78 is 0. The Hall–Kier alpha value is -1.48. The van der Waals surface area contributed by atoms with Gasteiger partial charge in [0.2, 0.25) is 0 Å². The van der Waals surface area contributed by atoms with Crippen molar-refractivity contribution in [2.75, 3.05) is 0 Å². The zero-order valence-electron chi connectivity index (χ0n) is 18.8. The molecule has 4 aliphatic rings. The number of aliphatic hydroxyl groups is 1. The number of nitrogens with zero attached hydrogens (tertiary/aromatic N) is 1. The second-order valence-electron chi connectivity index (χ2n) is 11.2. The maximum atomic E-state index is 13.6. The van der Waals surface area contributed by atoms with Gasteiger partial charge in [-0.2, -0.15) is 0 Å². The van der Waals surface area contributed by atoms with Crippen molar-refractivity contribution in [2.24, 2.45) is 34.5 Å². The second-order valence-corrected chi connectivity index (χ2v) is 11.2. The lowest BCUT2D eigenvalue weighted by Gasteiger charge is -2.58. The maximum Gasteiger partial charge on any atom is 0.143 e. The molecule has 162 valence electrons. The van der Waals surface area contributed by atoms with E-state index in [4.69, 9.17) is 0 Å². The van der Waals surface area contributed by atoms with Crippen LogP contribution in [0.25, 0.3) is 0 Å². The Balaban J connectivity index is 1.40. The van der Waals surface area contributed by atoms with Gasteiger partial charge in [-0.25, -0.2) is 0 Å². The molecule has 1 aromatic heterocycles. The van der Waals surface area contributed by atoms with Crippen LogP contribution in [0.4, 0.5) is 0 Å². The molecule has 8 atom stereocenters. The van der Waals surface area contributed by atoms with E-state index in [2.05, 4.69) is 31.8 Å². The monoisotopic (exact) mass is 407 g/mol. The second kappa shape index (κ2) is 7.29.